The van der Waals surface area contributed by atoms with Gasteiger partial charge < -0.3 is 10.6 Å². The smallest absolute Gasteiger partial charge is 0.251 e. The van der Waals surface area contributed by atoms with Crippen molar-refractivity contribution in [3.05, 3.63) is 70.4 Å². The molecule has 1 heterocycles. The van der Waals surface area contributed by atoms with Crippen LogP contribution >= 0.6 is 11.6 Å². The molecule has 2 aromatic carbocycles. The summed E-state index contributed by atoms with van der Waals surface area (Å²) < 4.78 is 0. The van der Waals surface area contributed by atoms with Gasteiger partial charge in [0.05, 0.1) is 5.52 Å². The Bertz CT molecular complexity index is 1040. The van der Waals surface area contributed by atoms with Crippen LogP contribution in [0, 0.1) is 13.8 Å². The molecule has 5 heteroatoms. The van der Waals surface area contributed by atoms with Crippen molar-refractivity contribution in [2.75, 3.05) is 5.32 Å². The van der Waals surface area contributed by atoms with E-state index < -0.39 is 0 Å². The van der Waals surface area contributed by atoms with E-state index in [1.165, 1.54) is 0 Å². The zero-order valence-electron chi connectivity index (χ0n) is 16.8. The Kier molecular flexibility index (Phi) is 5.72. The van der Waals surface area contributed by atoms with Crippen molar-refractivity contribution in [1.82, 2.24) is 10.3 Å². The van der Waals surface area contributed by atoms with Gasteiger partial charge in [-0.25, -0.2) is 0 Å². The number of pyridine rings is 1. The average molecular weight is 408 g/mol. The van der Waals surface area contributed by atoms with Gasteiger partial charge in [-0.2, -0.15) is 0 Å². The Labute approximate surface area is 176 Å². The summed E-state index contributed by atoms with van der Waals surface area (Å²) in [4.78, 5) is 17.1. The molecule has 3 aromatic rings. The van der Waals surface area contributed by atoms with Gasteiger partial charge in [0.1, 0.15) is 0 Å². The summed E-state index contributed by atoms with van der Waals surface area (Å²) in [6.07, 6.45) is 5.81. The molecule has 150 valence electrons. The predicted octanol–water partition coefficient (Wildman–Crippen LogP) is 5.66. The SMILES string of the molecule is Cc1ccc(C)c(C(=O)NC2CCC(Nc3ccnc4cc(Cl)ccc34)CC2)c1. The molecule has 4 rings (SSSR count). The lowest BCUT2D eigenvalue weighted by Gasteiger charge is -2.30. The van der Waals surface area contributed by atoms with Crippen LogP contribution in [0.1, 0.15) is 47.2 Å². The zero-order valence-corrected chi connectivity index (χ0v) is 17.6. The molecule has 29 heavy (non-hydrogen) atoms. The summed E-state index contributed by atoms with van der Waals surface area (Å²) in [5, 5.41) is 8.68. The monoisotopic (exact) mass is 407 g/mol. The molecular formula is C24H26ClN3O. The van der Waals surface area contributed by atoms with Crippen LogP contribution in [0.2, 0.25) is 5.02 Å². The third kappa shape index (κ3) is 4.54. The normalized spacial score (nSPS) is 19.1. The second-order valence-electron chi connectivity index (χ2n) is 8.00. The second-order valence-corrected chi connectivity index (χ2v) is 8.44. The summed E-state index contributed by atoms with van der Waals surface area (Å²) in [6, 6.07) is 14.5. The standard InChI is InChI=1S/C24H26ClN3O/c1-15-3-4-16(2)21(13-15)24(29)28-19-8-6-18(7-9-19)27-22-11-12-26-23-14-17(25)5-10-20(22)23/h3-5,10-14,18-19H,6-9H2,1-2H3,(H,26,27)(H,28,29). The molecule has 0 bridgehead atoms. The molecule has 0 unspecified atom stereocenters. The Morgan fingerprint density at radius 1 is 1.00 bits per heavy atom. The first-order valence-electron chi connectivity index (χ1n) is 10.2. The fraction of sp³-hybridized carbons (Fsp3) is 0.333. The quantitative estimate of drug-likeness (QED) is 0.586. The van der Waals surface area contributed by atoms with Gasteiger partial charge in [-0.1, -0.05) is 29.3 Å². The number of aryl methyl sites for hydroxylation is 2. The Hall–Kier alpha value is -2.59. The molecule has 0 spiro atoms. The van der Waals surface area contributed by atoms with Crippen LogP contribution in [-0.2, 0) is 0 Å². The maximum absolute atomic E-state index is 12.7. The van der Waals surface area contributed by atoms with Crippen LogP contribution in [0.25, 0.3) is 10.9 Å². The number of carbonyl (C=O) groups is 1. The van der Waals surface area contributed by atoms with Crippen LogP contribution in [0.3, 0.4) is 0 Å². The van der Waals surface area contributed by atoms with Crippen molar-refractivity contribution in [2.24, 2.45) is 0 Å². The number of hydrogen-bond acceptors (Lipinski definition) is 3. The molecule has 4 nitrogen and oxygen atoms in total. The van der Waals surface area contributed by atoms with Crippen molar-refractivity contribution in [2.45, 2.75) is 51.6 Å². The fourth-order valence-electron chi connectivity index (χ4n) is 4.09. The highest BCUT2D eigenvalue weighted by atomic mass is 35.5. The van der Waals surface area contributed by atoms with E-state index in [2.05, 4.69) is 15.6 Å². The lowest BCUT2D eigenvalue weighted by atomic mass is 9.90. The van der Waals surface area contributed by atoms with Crippen molar-refractivity contribution in [1.29, 1.82) is 0 Å². The number of carbonyl (C=O) groups excluding carboxylic acids is 1. The van der Waals surface area contributed by atoms with Crippen LogP contribution in [0.5, 0.6) is 0 Å². The minimum atomic E-state index is 0.0413. The molecule has 0 aliphatic heterocycles. The van der Waals surface area contributed by atoms with Gasteiger partial charge in [-0.3, -0.25) is 9.78 Å². The highest BCUT2D eigenvalue weighted by Crippen LogP contribution is 2.28. The number of aromatic nitrogens is 1. The second kappa shape index (κ2) is 8.42. The number of hydrogen-bond donors (Lipinski definition) is 2. The fourth-order valence-corrected chi connectivity index (χ4v) is 4.26. The van der Waals surface area contributed by atoms with Gasteiger partial charge >= 0.3 is 0 Å². The molecule has 1 amide bonds. The van der Waals surface area contributed by atoms with Gasteiger partial charge in [0.2, 0.25) is 0 Å². The molecule has 0 saturated heterocycles. The third-order valence-electron chi connectivity index (χ3n) is 5.76. The van der Waals surface area contributed by atoms with Gasteiger partial charge in [0.15, 0.2) is 0 Å². The number of amides is 1. The van der Waals surface area contributed by atoms with Gasteiger partial charge in [0.25, 0.3) is 5.91 Å². The average Bonchev–Trinajstić information content (AvgIpc) is 2.71. The minimum Gasteiger partial charge on any atom is -0.382 e. The van der Waals surface area contributed by atoms with Crippen molar-refractivity contribution >= 4 is 34.1 Å². The summed E-state index contributed by atoms with van der Waals surface area (Å²) in [5.41, 5.74) is 4.91. The van der Waals surface area contributed by atoms with Crippen LogP contribution in [-0.4, -0.2) is 23.0 Å². The predicted molar refractivity (Wildman–Crippen MR) is 120 cm³/mol. The molecule has 2 N–H and O–H groups in total. The van der Waals surface area contributed by atoms with E-state index in [1.807, 2.05) is 62.5 Å². The molecule has 1 aliphatic rings. The summed E-state index contributed by atoms with van der Waals surface area (Å²) in [6.45, 7) is 4.01. The van der Waals surface area contributed by atoms with E-state index in [-0.39, 0.29) is 11.9 Å². The van der Waals surface area contributed by atoms with Crippen LogP contribution in [0.15, 0.2) is 48.7 Å². The topological polar surface area (TPSA) is 54.0 Å². The van der Waals surface area contributed by atoms with Gasteiger partial charge in [-0.15, -0.1) is 0 Å². The number of nitrogens with zero attached hydrogens (tertiary/aromatic N) is 1. The Balaban J connectivity index is 1.36. The molecule has 1 fully saturated rings. The first-order valence-corrected chi connectivity index (χ1v) is 10.6. The number of anilines is 1. The van der Waals surface area contributed by atoms with Gasteiger partial charge in [0, 0.05) is 39.9 Å². The van der Waals surface area contributed by atoms with Gasteiger partial charge in [-0.05, 0) is 75.4 Å². The van der Waals surface area contributed by atoms with Crippen molar-refractivity contribution < 1.29 is 4.79 Å². The van der Waals surface area contributed by atoms with Crippen LogP contribution in [0.4, 0.5) is 5.69 Å². The Morgan fingerprint density at radius 3 is 2.55 bits per heavy atom. The van der Waals surface area contributed by atoms with E-state index in [0.717, 1.165) is 59.0 Å². The zero-order chi connectivity index (χ0) is 20.4. The van der Waals surface area contributed by atoms with E-state index in [0.29, 0.717) is 11.1 Å². The van der Waals surface area contributed by atoms with E-state index >= 15 is 0 Å². The molecule has 1 aromatic heterocycles. The molecular weight excluding hydrogens is 382 g/mol. The number of halogens is 1. The highest BCUT2D eigenvalue weighted by Gasteiger charge is 2.23. The third-order valence-corrected chi connectivity index (χ3v) is 6.00. The lowest BCUT2D eigenvalue weighted by Crippen LogP contribution is -2.40. The number of fused-ring (bicyclic) bond motifs is 1. The highest BCUT2D eigenvalue weighted by molar-refractivity contribution is 6.31. The Morgan fingerprint density at radius 2 is 1.76 bits per heavy atom. The largest absolute Gasteiger partial charge is 0.382 e. The summed E-state index contributed by atoms with van der Waals surface area (Å²) in [5.74, 6) is 0.0413. The lowest BCUT2D eigenvalue weighted by molar-refractivity contribution is 0.0926. The number of benzene rings is 2. The van der Waals surface area contributed by atoms with E-state index in [4.69, 9.17) is 11.6 Å². The summed E-state index contributed by atoms with van der Waals surface area (Å²) >= 11 is 6.09. The van der Waals surface area contributed by atoms with Crippen molar-refractivity contribution in [3.63, 3.8) is 0 Å². The first-order chi connectivity index (χ1) is 14.0. The first kappa shape index (κ1) is 19.7. The number of rotatable bonds is 4. The molecule has 0 atom stereocenters. The number of nitrogens with one attached hydrogen (secondary N) is 2. The summed E-state index contributed by atoms with van der Waals surface area (Å²) in [7, 11) is 0. The molecule has 1 aliphatic carbocycles. The van der Waals surface area contributed by atoms with Crippen molar-refractivity contribution in [3.8, 4) is 0 Å². The van der Waals surface area contributed by atoms with E-state index in [1.54, 1.807) is 0 Å². The van der Waals surface area contributed by atoms with Crippen LogP contribution < -0.4 is 10.6 Å². The molecule has 1 saturated carbocycles. The van der Waals surface area contributed by atoms with E-state index in [9.17, 15) is 4.79 Å². The minimum absolute atomic E-state index is 0.0413. The molecule has 0 radical (unpaired) electrons. The maximum Gasteiger partial charge on any atom is 0.251 e. The maximum atomic E-state index is 12.7.